The molecule has 1 fully saturated rings. The third kappa shape index (κ3) is 4.37. The molecule has 1 aromatic heterocycles. The van der Waals surface area contributed by atoms with Gasteiger partial charge in [0, 0.05) is 45.1 Å². The third-order valence-electron chi connectivity index (χ3n) is 5.06. The number of urea groups is 1. The van der Waals surface area contributed by atoms with Gasteiger partial charge in [0.05, 0.1) is 10.6 Å². The average molecular weight is 426 g/mol. The van der Waals surface area contributed by atoms with Crippen LogP contribution in [0, 0.1) is 0 Å². The SMILES string of the molecule is O=C(NCc1ccc(-n2cccn2)cc1)N1CCN(S(=O)(=O)c2ccccc2)CC1. The molecule has 2 aromatic carbocycles. The fourth-order valence-electron chi connectivity index (χ4n) is 3.35. The maximum absolute atomic E-state index is 12.7. The highest BCUT2D eigenvalue weighted by Gasteiger charge is 2.29. The van der Waals surface area contributed by atoms with Gasteiger partial charge in [-0.25, -0.2) is 17.9 Å². The number of aromatic nitrogens is 2. The summed E-state index contributed by atoms with van der Waals surface area (Å²) in [5.41, 5.74) is 1.93. The lowest BCUT2D eigenvalue weighted by molar-refractivity contribution is 0.172. The first-order valence-corrected chi connectivity index (χ1v) is 11.1. The lowest BCUT2D eigenvalue weighted by Crippen LogP contribution is -2.52. The smallest absolute Gasteiger partial charge is 0.317 e. The van der Waals surface area contributed by atoms with Gasteiger partial charge >= 0.3 is 6.03 Å². The van der Waals surface area contributed by atoms with Gasteiger partial charge in [0.25, 0.3) is 0 Å². The largest absolute Gasteiger partial charge is 0.334 e. The summed E-state index contributed by atoms with van der Waals surface area (Å²) in [6.07, 6.45) is 3.59. The first kappa shape index (κ1) is 20.1. The minimum absolute atomic E-state index is 0.192. The van der Waals surface area contributed by atoms with Crippen molar-refractivity contribution in [2.45, 2.75) is 11.4 Å². The van der Waals surface area contributed by atoms with Crippen LogP contribution in [-0.4, -0.2) is 59.6 Å². The molecule has 1 aliphatic heterocycles. The van der Waals surface area contributed by atoms with Crippen LogP contribution < -0.4 is 5.32 Å². The van der Waals surface area contributed by atoms with Crippen LogP contribution in [0.2, 0.25) is 0 Å². The van der Waals surface area contributed by atoms with E-state index in [2.05, 4.69) is 10.4 Å². The van der Waals surface area contributed by atoms with Gasteiger partial charge in [-0.15, -0.1) is 0 Å². The van der Waals surface area contributed by atoms with Crippen LogP contribution in [0.25, 0.3) is 5.69 Å². The molecular weight excluding hydrogens is 402 g/mol. The molecule has 0 bridgehead atoms. The maximum Gasteiger partial charge on any atom is 0.317 e. The Hall–Kier alpha value is -3.17. The number of benzene rings is 2. The minimum Gasteiger partial charge on any atom is -0.334 e. The van der Waals surface area contributed by atoms with Crippen LogP contribution in [0.1, 0.15) is 5.56 Å². The zero-order valence-corrected chi connectivity index (χ0v) is 17.2. The van der Waals surface area contributed by atoms with Gasteiger partial charge < -0.3 is 10.2 Å². The van der Waals surface area contributed by atoms with Gasteiger partial charge in [0.2, 0.25) is 10.0 Å². The second-order valence-electron chi connectivity index (χ2n) is 6.98. The molecule has 0 unspecified atom stereocenters. The first-order chi connectivity index (χ1) is 14.5. The van der Waals surface area contributed by atoms with E-state index in [4.69, 9.17) is 0 Å². The summed E-state index contributed by atoms with van der Waals surface area (Å²) in [5.74, 6) is 0. The van der Waals surface area contributed by atoms with Crippen molar-refractivity contribution in [2.24, 2.45) is 0 Å². The van der Waals surface area contributed by atoms with Crippen molar-refractivity contribution in [2.75, 3.05) is 26.2 Å². The zero-order valence-electron chi connectivity index (χ0n) is 16.4. The van der Waals surface area contributed by atoms with E-state index in [-0.39, 0.29) is 24.0 Å². The van der Waals surface area contributed by atoms with E-state index in [1.54, 1.807) is 46.1 Å². The van der Waals surface area contributed by atoms with E-state index in [0.717, 1.165) is 11.3 Å². The second kappa shape index (κ2) is 8.68. The standard InChI is InChI=1S/C21H23N5O3S/c27-21(22-17-18-7-9-19(10-8-18)26-12-4-11-23-26)24-13-15-25(16-14-24)30(28,29)20-5-2-1-3-6-20/h1-12H,13-17H2,(H,22,27). The molecule has 3 aromatic rings. The Morgan fingerprint density at radius 3 is 2.27 bits per heavy atom. The molecule has 0 saturated carbocycles. The van der Waals surface area contributed by atoms with Gasteiger partial charge in [-0.2, -0.15) is 9.40 Å². The van der Waals surface area contributed by atoms with Gasteiger partial charge in [0.15, 0.2) is 0 Å². The summed E-state index contributed by atoms with van der Waals surface area (Å²) in [6.45, 7) is 1.68. The van der Waals surface area contributed by atoms with Crippen LogP contribution in [0.5, 0.6) is 0 Å². The predicted octanol–water partition coefficient (Wildman–Crippen LogP) is 2.09. The van der Waals surface area contributed by atoms with Crippen molar-refractivity contribution < 1.29 is 13.2 Å². The molecule has 1 N–H and O–H groups in total. The lowest BCUT2D eigenvalue weighted by Gasteiger charge is -2.34. The highest BCUT2D eigenvalue weighted by Crippen LogP contribution is 2.17. The Morgan fingerprint density at radius 2 is 1.63 bits per heavy atom. The first-order valence-electron chi connectivity index (χ1n) is 9.71. The van der Waals surface area contributed by atoms with Crippen molar-refractivity contribution in [1.29, 1.82) is 0 Å². The Morgan fingerprint density at radius 1 is 0.933 bits per heavy atom. The fourth-order valence-corrected chi connectivity index (χ4v) is 4.79. The number of piperazine rings is 1. The summed E-state index contributed by atoms with van der Waals surface area (Å²) < 4.78 is 28.6. The summed E-state index contributed by atoms with van der Waals surface area (Å²) >= 11 is 0. The molecule has 2 heterocycles. The summed E-state index contributed by atoms with van der Waals surface area (Å²) in [5, 5.41) is 7.09. The highest BCUT2D eigenvalue weighted by molar-refractivity contribution is 7.89. The van der Waals surface area contributed by atoms with E-state index < -0.39 is 10.0 Å². The van der Waals surface area contributed by atoms with Crippen LogP contribution in [0.3, 0.4) is 0 Å². The van der Waals surface area contributed by atoms with E-state index in [1.807, 2.05) is 36.5 Å². The van der Waals surface area contributed by atoms with Gasteiger partial charge in [-0.3, -0.25) is 0 Å². The van der Waals surface area contributed by atoms with E-state index in [1.165, 1.54) is 4.31 Å². The number of nitrogens with one attached hydrogen (secondary N) is 1. The Labute approximate surface area is 175 Å². The third-order valence-corrected chi connectivity index (χ3v) is 6.97. The topological polar surface area (TPSA) is 87.5 Å². The second-order valence-corrected chi connectivity index (χ2v) is 8.92. The molecule has 0 spiro atoms. The number of carbonyl (C=O) groups is 1. The van der Waals surface area contributed by atoms with E-state index in [9.17, 15) is 13.2 Å². The molecule has 156 valence electrons. The molecule has 0 aliphatic carbocycles. The molecular formula is C21H23N5O3S. The van der Waals surface area contributed by atoms with Crippen molar-refractivity contribution >= 4 is 16.1 Å². The van der Waals surface area contributed by atoms with Crippen molar-refractivity contribution in [3.05, 3.63) is 78.6 Å². The monoisotopic (exact) mass is 425 g/mol. The van der Waals surface area contributed by atoms with Crippen LogP contribution >= 0.6 is 0 Å². The fraction of sp³-hybridized carbons (Fsp3) is 0.238. The number of hydrogen-bond donors (Lipinski definition) is 1. The van der Waals surface area contributed by atoms with Crippen molar-refractivity contribution in [1.82, 2.24) is 24.3 Å². The highest BCUT2D eigenvalue weighted by atomic mass is 32.2. The summed E-state index contributed by atoms with van der Waals surface area (Å²) in [4.78, 5) is 14.4. The molecule has 9 heteroatoms. The van der Waals surface area contributed by atoms with E-state index >= 15 is 0 Å². The Kier molecular flexibility index (Phi) is 5.82. The number of carbonyl (C=O) groups excluding carboxylic acids is 1. The lowest BCUT2D eigenvalue weighted by atomic mass is 10.2. The van der Waals surface area contributed by atoms with Gasteiger partial charge in [-0.1, -0.05) is 30.3 Å². The maximum atomic E-state index is 12.7. The van der Waals surface area contributed by atoms with Crippen molar-refractivity contribution in [3.63, 3.8) is 0 Å². The van der Waals surface area contributed by atoms with Crippen LogP contribution in [0.4, 0.5) is 4.79 Å². The Balaban J connectivity index is 1.28. The number of amides is 2. The van der Waals surface area contributed by atoms with Crippen LogP contribution in [-0.2, 0) is 16.6 Å². The van der Waals surface area contributed by atoms with Crippen LogP contribution in [0.15, 0.2) is 78.0 Å². The number of rotatable bonds is 5. The average Bonchev–Trinajstić information content (AvgIpc) is 3.33. The van der Waals surface area contributed by atoms with Crippen molar-refractivity contribution in [3.8, 4) is 5.69 Å². The quantitative estimate of drug-likeness (QED) is 0.678. The summed E-state index contributed by atoms with van der Waals surface area (Å²) in [7, 11) is -3.52. The normalized spacial score (nSPS) is 15.1. The molecule has 0 radical (unpaired) electrons. The zero-order chi connectivity index (χ0) is 21.0. The molecule has 8 nitrogen and oxygen atoms in total. The molecule has 2 amide bonds. The summed E-state index contributed by atoms with van der Waals surface area (Å²) in [6, 6.07) is 17.8. The molecule has 30 heavy (non-hydrogen) atoms. The molecule has 1 saturated heterocycles. The molecule has 4 rings (SSSR count). The predicted molar refractivity (Wildman–Crippen MR) is 113 cm³/mol. The Bertz CT molecular complexity index is 1080. The number of nitrogens with zero attached hydrogens (tertiary/aromatic N) is 4. The molecule has 1 aliphatic rings. The minimum atomic E-state index is -3.52. The van der Waals surface area contributed by atoms with Gasteiger partial charge in [0.1, 0.15) is 0 Å². The number of hydrogen-bond acceptors (Lipinski definition) is 4. The number of sulfonamides is 1. The van der Waals surface area contributed by atoms with Gasteiger partial charge in [-0.05, 0) is 35.9 Å². The molecule has 0 atom stereocenters. The van der Waals surface area contributed by atoms with E-state index in [0.29, 0.717) is 19.6 Å².